The fourth-order valence-electron chi connectivity index (χ4n) is 5.12. The van der Waals surface area contributed by atoms with Crippen LogP contribution in [0.1, 0.15) is 5.56 Å². The van der Waals surface area contributed by atoms with Crippen LogP contribution in [0, 0.1) is 11.6 Å². The quantitative estimate of drug-likeness (QED) is 0.234. The first-order valence-electron chi connectivity index (χ1n) is 13.6. The number of anilines is 1. The third-order valence-corrected chi connectivity index (χ3v) is 9.36. The summed E-state index contributed by atoms with van der Waals surface area (Å²) in [7, 11) is -3.57. The maximum Gasteiger partial charge on any atom is 0.281 e. The van der Waals surface area contributed by atoms with Crippen LogP contribution >= 0.6 is 11.6 Å². The molecule has 0 saturated carbocycles. The average Bonchev–Trinajstić information content (AvgIpc) is 3.01. The summed E-state index contributed by atoms with van der Waals surface area (Å²) in [5.74, 6) is -1.81. The lowest BCUT2D eigenvalue weighted by Crippen LogP contribution is -2.49. The van der Waals surface area contributed by atoms with Crippen LogP contribution in [-0.4, -0.2) is 58.7 Å². The van der Waals surface area contributed by atoms with Crippen LogP contribution in [0.25, 0.3) is 28.1 Å². The molecule has 0 bridgehead atoms. The van der Waals surface area contributed by atoms with E-state index in [1.165, 1.54) is 16.7 Å². The van der Waals surface area contributed by atoms with Crippen molar-refractivity contribution in [2.75, 3.05) is 31.1 Å². The highest BCUT2D eigenvalue weighted by Crippen LogP contribution is 2.30. The highest BCUT2D eigenvalue weighted by Gasteiger charge is 2.29. The lowest BCUT2D eigenvalue weighted by Gasteiger charge is -2.36. The van der Waals surface area contributed by atoms with Gasteiger partial charge < -0.3 is 4.90 Å². The maximum absolute atomic E-state index is 14.1. The fourth-order valence-corrected chi connectivity index (χ4v) is 6.75. The van der Waals surface area contributed by atoms with Gasteiger partial charge in [-0.15, -0.1) is 0 Å². The second-order valence-electron chi connectivity index (χ2n) is 10.2. The van der Waals surface area contributed by atoms with Crippen molar-refractivity contribution in [3.63, 3.8) is 0 Å². The van der Waals surface area contributed by atoms with Gasteiger partial charge in [-0.05, 0) is 35.9 Å². The monoisotopic (exact) mass is 634 g/mol. The molecule has 0 atom stereocenters. The molecule has 1 fully saturated rings. The van der Waals surface area contributed by atoms with Gasteiger partial charge in [0, 0.05) is 55.8 Å². The zero-order valence-corrected chi connectivity index (χ0v) is 24.7. The Bertz CT molecular complexity index is 1950. The molecule has 1 saturated heterocycles. The molecule has 3 aromatic heterocycles. The Morgan fingerprint density at radius 2 is 1.48 bits per heavy atom. The molecule has 13 heteroatoms. The van der Waals surface area contributed by atoms with Gasteiger partial charge in [-0.3, -0.25) is 9.78 Å². The predicted octanol–water partition coefficient (Wildman–Crippen LogP) is 4.94. The van der Waals surface area contributed by atoms with Crippen molar-refractivity contribution in [1.82, 2.24) is 24.1 Å². The molecule has 6 rings (SSSR count). The van der Waals surface area contributed by atoms with E-state index >= 15 is 0 Å². The highest BCUT2D eigenvalue weighted by molar-refractivity contribution is 7.88. The summed E-state index contributed by atoms with van der Waals surface area (Å²) in [4.78, 5) is 24.4. The molecule has 2 aromatic carbocycles. The first kappa shape index (κ1) is 29.5. The Balaban J connectivity index is 1.35. The molecule has 5 aromatic rings. The first-order chi connectivity index (χ1) is 21.2. The van der Waals surface area contributed by atoms with Crippen molar-refractivity contribution in [2.45, 2.75) is 5.75 Å². The van der Waals surface area contributed by atoms with Gasteiger partial charge in [0.1, 0.15) is 16.8 Å². The minimum atomic E-state index is -3.57. The van der Waals surface area contributed by atoms with Gasteiger partial charge in [-0.1, -0.05) is 48.0 Å². The smallest absolute Gasteiger partial charge is 0.281 e. The number of hydrogen-bond donors (Lipinski definition) is 0. The summed E-state index contributed by atoms with van der Waals surface area (Å²) < 4.78 is 56.8. The normalized spacial score (nSPS) is 14.1. The van der Waals surface area contributed by atoms with Crippen LogP contribution in [0.2, 0.25) is 5.15 Å². The third kappa shape index (κ3) is 6.23. The Labute approximate surface area is 257 Å². The molecule has 1 aliphatic heterocycles. The van der Waals surface area contributed by atoms with Gasteiger partial charge in [-0.25, -0.2) is 22.2 Å². The van der Waals surface area contributed by atoms with Gasteiger partial charge in [-0.2, -0.15) is 14.1 Å². The fraction of sp³-hybridized carbons (Fsp3) is 0.161. The number of nitrogens with zero attached hydrogens (tertiary/aromatic N) is 6. The van der Waals surface area contributed by atoms with E-state index in [1.54, 1.807) is 54.7 Å². The van der Waals surface area contributed by atoms with Gasteiger partial charge in [0.25, 0.3) is 5.56 Å². The lowest BCUT2D eigenvalue weighted by molar-refractivity contribution is 0.384. The molecule has 4 heterocycles. The number of piperazine rings is 1. The van der Waals surface area contributed by atoms with E-state index in [0.717, 1.165) is 22.4 Å². The number of pyridine rings is 2. The van der Waals surface area contributed by atoms with Crippen molar-refractivity contribution < 1.29 is 17.2 Å². The SMILES string of the molecule is O=c1c(-c2ccc(-c3ccc(Cl)nc3)nc2)c(N2CCN(S(=O)(=O)Cc3ccccc3)CC2)cnn1-c1cc(F)cc(F)c1. The van der Waals surface area contributed by atoms with Crippen molar-refractivity contribution in [2.24, 2.45) is 0 Å². The zero-order chi connectivity index (χ0) is 30.8. The zero-order valence-electron chi connectivity index (χ0n) is 23.1. The van der Waals surface area contributed by atoms with E-state index in [4.69, 9.17) is 11.6 Å². The molecule has 0 aliphatic carbocycles. The summed E-state index contributed by atoms with van der Waals surface area (Å²) in [6.45, 7) is 0.993. The van der Waals surface area contributed by atoms with E-state index in [-0.39, 0.29) is 30.1 Å². The Kier molecular flexibility index (Phi) is 8.21. The summed E-state index contributed by atoms with van der Waals surface area (Å²) >= 11 is 5.91. The second kappa shape index (κ2) is 12.2. The average molecular weight is 635 g/mol. The Morgan fingerprint density at radius 1 is 0.795 bits per heavy atom. The molecule has 1 aliphatic rings. The molecular formula is C31H25ClF2N6O3S. The molecule has 44 heavy (non-hydrogen) atoms. The highest BCUT2D eigenvalue weighted by atomic mass is 35.5. The molecule has 0 spiro atoms. The van der Waals surface area contributed by atoms with E-state index < -0.39 is 27.2 Å². The number of halogens is 3. The van der Waals surface area contributed by atoms with Crippen LogP contribution in [0.4, 0.5) is 14.5 Å². The first-order valence-corrected chi connectivity index (χ1v) is 15.6. The third-order valence-electron chi connectivity index (χ3n) is 7.29. The molecular weight excluding hydrogens is 610 g/mol. The van der Waals surface area contributed by atoms with Crippen LogP contribution in [0.3, 0.4) is 0 Å². The number of rotatable bonds is 7. The summed E-state index contributed by atoms with van der Waals surface area (Å²) in [6.07, 6.45) is 4.56. The van der Waals surface area contributed by atoms with Crippen LogP contribution in [-0.2, 0) is 15.8 Å². The number of hydrogen-bond acceptors (Lipinski definition) is 7. The Morgan fingerprint density at radius 3 is 2.11 bits per heavy atom. The lowest BCUT2D eigenvalue weighted by atomic mass is 10.1. The van der Waals surface area contributed by atoms with Gasteiger partial charge in [0.15, 0.2) is 0 Å². The van der Waals surface area contributed by atoms with Gasteiger partial charge in [0.05, 0.1) is 34.6 Å². The van der Waals surface area contributed by atoms with Crippen molar-refractivity contribution in [1.29, 1.82) is 0 Å². The Hall–Kier alpha value is -4.52. The summed E-state index contributed by atoms with van der Waals surface area (Å²) in [5.41, 5.74) is 2.43. The molecule has 9 nitrogen and oxygen atoms in total. The second-order valence-corrected chi connectivity index (χ2v) is 12.5. The minimum absolute atomic E-state index is 0.0751. The molecule has 0 N–H and O–H groups in total. The standard InChI is InChI=1S/C31H25ClF2N6O3S/c32-29-9-7-22(17-36-29)27-8-6-23(18-35-27)30-28(19-37-40(31(30)41)26-15-24(33)14-25(34)16-26)38-10-12-39(13-11-38)44(42,43)20-21-4-2-1-3-5-21/h1-9,14-19H,10-13,20H2. The van der Waals surface area contributed by atoms with Crippen molar-refractivity contribution in [3.05, 3.63) is 124 Å². The largest absolute Gasteiger partial charge is 0.367 e. The molecule has 224 valence electrons. The van der Waals surface area contributed by atoms with Crippen LogP contribution < -0.4 is 10.5 Å². The molecule has 0 amide bonds. The molecule has 0 radical (unpaired) electrons. The topological polar surface area (TPSA) is 101 Å². The number of benzene rings is 2. The van der Waals surface area contributed by atoms with E-state index in [9.17, 15) is 22.0 Å². The summed E-state index contributed by atoms with van der Waals surface area (Å²) in [6, 6.07) is 18.6. The molecule has 0 unspecified atom stereocenters. The van der Waals surface area contributed by atoms with E-state index in [2.05, 4.69) is 15.1 Å². The van der Waals surface area contributed by atoms with E-state index in [1.807, 2.05) is 11.0 Å². The maximum atomic E-state index is 14.1. The number of aromatic nitrogens is 4. The number of sulfonamides is 1. The summed E-state index contributed by atoms with van der Waals surface area (Å²) in [5, 5.41) is 4.59. The van der Waals surface area contributed by atoms with Gasteiger partial charge >= 0.3 is 0 Å². The minimum Gasteiger partial charge on any atom is -0.367 e. The van der Waals surface area contributed by atoms with Gasteiger partial charge in [0.2, 0.25) is 10.0 Å². The predicted molar refractivity (Wildman–Crippen MR) is 164 cm³/mol. The van der Waals surface area contributed by atoms with E-state index in [0.29, 0.717) is 46.8 Å². The van der Waals surface area contributed by atoms with Crippen molar-refractivity contribution in [3.8, 4) is 28.1 Å². The van der Waals surface area contributed by atoms with Crippen molar-refractivity contribution >= 4 is 27.3 Å². The van der Waals surface area contributed by atoms with Crippen LogP contribution in [0.15, 0.2) is 96.2 Å². The van der Waals surface area contributed by atoms with Crippen LogP contribution in [0.5, 0.6) is 0 Å².